The number of ether oxygens (including phenoxy) is 1. The largest absolute Gasteiger partial charge is 0.574 e. The van der Waals surface area contributed by atoms with Gasteiger partial charge in [-0.3, -0.25) is 0 Å². The van der Waals surface area contributed by atoms with E-state index in [4.69, 9.17) is 5.73 Å². The van der Waals surface area contributed by atoms with Crippen molar-refractivity contribution in [3.05, 3.63) is 18.1 Å². The van der Waals surface area contributed by atoms with Crippen molar-refractivity contribution >= 4 is 5.69 Å². The van der Waals surface area contributed by atoms with Crippen LogP contribution in [-0.2, 0) is 0 Å². The fourth-order valence-corrected chi connectivity index (χ4v) is 0.598. The number of rotatable bonds is 1. The summed E-state index contributed by atoms with van der Waals surface area (Å²) in [6, 6.07) is 0.461. The van der Waals surface area contributed by atoms with E-state index in [1.54, 1.807) is 0 Å². The van der Waals surface area contributed by atoms with Gasteiger partial charge in [0.2, 0.25) is 5.88 Å². The average molecular weight is 196 g/mol. The molecule has 0 saturated heterocycles. The van der Waals surface area contributed by atoms with Gasteiger partial charge in [0.1, 0.15) is 0 Å². The van der Waals surface area contributed by atoms with Crippen molar-refractivity contribution in [2.24, 2.45) is 0 Å². The summed E-state index contributed by atoms with van der Waals surface area (Å²) in [7, 11) is 0. The summed E-state index contributed by atoms with van der Waals surface area (Å²) >= 11 is 0. The molecule has 0 atom stereocenters. The first-order valence-electron chi connectivity index (χ1n) is 3.05. The van der Waals surface area contributed by atoms with E-state index in [1.165, 1.54) is 0 Å². The molecule has 0 radical (unpaired) electrons. The van der Waals surface area contributed by atoms with Crippen LogP contribution in [0.3, 0.4) is 0 Å². The molecule has 0 aromatic carbocycles. The fourth-order valence-electron chi connectivity index (χ4n) is 0.598. The second-order valence-electron chi connectivity index (χ2n) is 2.09. The number of halogens is 4. The van der Waals surface area contributed by atoms with Gasteiger partial charge in [-0.15, -0.1) is 13.2 Å². The second kappa shape index (κ2) is 3.08. The van der Waals surface area contributed by atoms with E-state index in [1.807, 2.05) is 0 Å². The highest BCUT2D eigenvalue weighted by atomic mass is 19.4. The molecule has 0 aliphatic heterocycles. The molecule has 0 spiro atoms. The zero-order valence-electron chi connectivity index (χ0n) is 6.10. The highest BCUT2D eigenvalue weighted by molar-refractivity contribution is 5.38. The molecule has 2 N–H and O–H groups in total. The van der Waals surface area contributed by atoms with E-state index < -0.39 is 18.1 Å². The third kappa shape index (κ3) is 2.77. The monoisotopic (exact) mass is 196 g/mol. The maximum absolute atomic E-state index is 12.5. The Morgan fingerprint density at radius 2 is 2.00 bits per heavy atom. The van der Waals surface area contributed by atoms with Gasteiger partial charge in [0.05, 0.1) is 11.9 Å². The van der Waals surface area contributed by atoms with Crippen LogP contribution in [0.15, 0.2) is 12.3 Å². The number of alkyl halides is 3. The number of nitrogens with zero attached hydrogens (tertiary/aromatic N) is 1. The lowest BCUT2D eigenvalue weighted by molar-refractivity contribution is -0.276. The Bertz CT molecular complexity index is 312. The van der Waals surface area contributed by atoms with E-state index in [-0.39, 0.29) is 5.69 Å². The topological polar surface area (TPSA) is 48.1 Å². The minimum Gasteiger partial charge on any atom is -0.395 e. The van der Waals surface area contributed by atoms with Gasteiger partial charge < -0.3 is 10.5 Å². The van der Waals surface area contributed by atoms with E-state index in [2.05, 4.69) is 9.72 Å². The molecular formula is C6H4F4N2O. The highest BCUT2D eigenvalue weighted by Gasteiger charge is 2.31. The molecule has 0 bridgehead atoms. The lowest BCUT2D eigenvalue weighted by Gasteiger charge is -2.07. The molecule has 13 heavy (non-hydrogen) atoms. The first kappa shape index (κ1) is 9.56. The van der Waals surface area contributed by atoms with Gasteiger partial charge in [-0.25, -0.2) is 9.37 Å². The van der Waals surface area contributed by atoms with E-state index in [0.717, 1.165) is 6.20 Å². The second-order valence-corrected chi connectivity index (χ2v) is 2.09. The lowest BCUT2D eigenvalue weighted by atomic mass is 10.4. The highest BCUT2D eigenvalue weighted by Crippen LogP contribution is 2.22. The number of nitrogens with two attached hydrogens (primary N) is 1. The molecule has 1 rings (SSSR count). The Kier molecular flexibility index (Phi) is 2.26. The minimum atomic E-state index is -4.88. The third-order valence-corrected chi connectivity index (χ3v) is 1.08. The Hall–Kier alpha value is -1.53. The van der Waals surface area contributed by atoms with Crippen molar-refractivity contribution in [1.82, 2.24) is 4.98 Å². The van der Waals surface area contributed by atoms with Crippen molar-refractivity contribution in [3.8, 4) is 5.88 Å². The van der Waals surface area contributed by atoms with Crippen LogP contribution in [-0.4, -0.2) is 11.3 Å². The van der Waals surface area contributed by atoms with Crippen molar-refractivity contribution < 1.29 is 22.3 Å². The average Bonchev–Trinajstić information content (AvgIpc) is 1.94. The summed E-state index contributed by atoms with van der Waals surface area (Å²) in [5, 5.41) is 0. The summed E-state index contributed by atoms with van der Waals surface area (Å²) in [4.78, 5) is 3.12. The Labute approximate surface area is 70.1 Å². The number of hydrogen-bond donors (Lipinski definition) is 1. The predicted molar refractivity (Wildman–Crippen MR) is 35.3 cm³/mol. The molecule has 0 fully saturated rings. The van der Waals surface area contributed by atoms with Crippen LogP contribution in [0, 0.1) is 5.82 Å². The number of anilines is 1. The maximum atomic E-state index is 12.5. The fraction of sp³-hybridized carbons (Fsp3) is 0.167. The van der Waals surface area contributed by atoms with Gasteiger partial charge in [0.15, 0.2) is 5.82 Å². The maximum Gasteiger partial charge on any atom is 0.574 e. The van der Waals surface area contributed by atoms with E-state index in [9.17, 15) is 17.6 Å². The molecule has 1 aromatic rings. The number of aromatic nitrogens is 1. The summed E-state index contributed by atoms with van der Waals surface area (Å²) in [6.07, 6.45) is -4.13. The summed E-state index contributed by atoms with van der Waals surface area (Å²) < 4.78 is 50.5. The SMILES string of the molecule is Nc1cnc(OC(F)(F)F)cc1F. The van der Waals surface area contributed by atoms with Crippen LogP contribution < -0.4 is 10.5 Å². The van der Waals surface area contributed by atoms with E-state index >= 15 is 0 Å². The van der Waals surface area contributed by atoms with Crippen LogP contribution >= 0.6 is 0 Å². The molecular weight excluding hydrogens is 192 g/mol. The first-order valence-corrected chi connectivity index (χ1v) is 3.05. The molecule has 1 heterocycles. The van der Waals surface area contributed by atoms with Crippen molar-refractivity contribution in [1.29, 1.82) is 0 Å². The van der Waals surface area contributed by atoms with Gasteiger partial charge in [-0.2, -0.15) is 0 Å². The number of nitrogen functional groups attached to an aromatic ring is 1. The molecule has 0 aliphatic rings. The zero-order valence-corrected chi connectivity index (χ0v) is 6.10. The van der Waals surface area contributed by atoms with Gasteiger partial charge in [0.25, 0.3) is 0 Å². The predicted octanol–water partition coefficient (Wildman–Crippen LogP) is 1.70. The van der Waals surface area contributed by atoms with Gasteiger partial charge in [-0.1, -0.05) is 0 Å². The van der Waals surface area contributed by atoms with Crippen LogP contribution in [0.5, 0.6) is 5.88 Å². The quantitative estimate of drug-likeness (QED) is 0.695. The van der Waals surface area contributed by atoms with Gasteiger partial charge >= 0.3 is 6.36 Å². The standard InChI is InChI=1S/C6H4F4N2O/c7-3-1-5(12-2-4(3)11)13-6(8,9)10/h1-2H,11H2. The molecule has 72 valence electrons. The third-order valence-electron chi connectivity index (χ3n) is 1.08. The molecule has 1 aromatic heterocycles. The van der Waals surface area contributed by atoms with Crippen LogP contribution in [0.25, 0.3) is 0 Å². The molecule has 7 heteroatoms. The summed E-state index contributed by atoms with van der Waals surface area (Å²) in [5.74, 6) is -1.88. The molecule has 0 amide bonds. The molecule has 3 nitrogen and oxygen atoms in total. The van der Waals surface area contributed by atoms with Crippen LogP contribution in [0.2, 0.25) is 0 Å². The normalized spacial score (nSPS) is 11.4. The van der Waals surface area contributed by atoms with Gasteiger partial charge in [-0.05, 0) is 0 Å². The Morgan fingerprint density at radius 1 is 1.38 bits per heavy atom. The van der Waals surface area contributed by atoms with Crippen molar-refractivity contribution in [2.45, 2.75) is 6.36 Å². The van der Waals surface area contributed by atoms with Crippen LogP contribution in [0.1, 0.15) is 0 Å². The lowest BCUT2D eigenvalue weighted by Crippen LogP contribution is -2.18. The Balaban J connectivity index is 2.86. The number of hydrogen-bond acceptors (Lipinski definition) is 3. The molecule has 0 unspecified atom stereocenters. The van der Waals surface area contributed by atoms with Gasteiger partial charge in [0, 0.05) is 6.07 Å². The number of pyridine rings is 1. The minimum absolute atomic E-state index is 0.338. The Morgan fingerprint density at radius 3 is 2.46 bits per heavy atom. The van der Waals surface area contributed by atoms with Crippen LogP contribution in [0.4, 0.5) is 23.2 Å². The smallest absolute Gasteiger partial charge is 0.395 e. The molecule has 0 aliphatic carbocycles. The first-order chi connectivity index (χ1) is 5.88. The summed E-state index contributed by atoms with van der Waals surface area (Å²) in [6.45, 7) is 0. The zero-order chi connectivity index (χ0) is 10.1. The van der Waals surface area contributed by atoms with Crippen molar-refractivity contribution in [2.75, 3.05) is 5.73 Å². The summed E-state index contributed by atoms with van der Waals surface area (Å²) in [5.41, 5.74) is 4.64. The van der Waals surface area contributed by atoms with Crippen molar-refractivity contribution in [3.63, 3.8) is 0 Å². The molecule has 0 saturated carbocycles. The van der Waals surface area contributed by atoms with E-state index in [0.29, 0.717) is 6.07 Å².